The molecule has 0 atom stereocenters. The maximum absolute atomic E-state index is 8.54. The van der Waals surface area contributed by atoms with E-state index in [1.165, 1.54) is 4.68 Å². The number of anilines is 1. The van der Waals surface area contributed by atoms with E-state index >= 15 is 0 Å². The average Bonchev–Trinajstić information content (AvgIpc) is 2.72. The molecule has 1 heterocycles. The maximum atomic E-state index is 8.54. The molecule has 88 valence electrons. The highest BCUT2D eigenvalue weighted by Crippen LogP contribution is 2.10. The summed E-state index contributed by atoms with van der Waals surface area (Å²) in [4.78, 5) is 0. The Morgan fingerprint density at radius 1 is 1.35 bits per heavy atom. The van der Waals surface area contributed by atoms with E-state index in [2.05, 4.69) is 15.5 Å². The van der Waals surface area contributed by atoms with E-state index < -0.39 is 0 Å². The van der Waals surface area contributed by atoms with E-state index in [9.17, 15) is 0 Å². The lowest BCUT2D eigenvalue weighted by molar-refractivity contribution is 0.318. The van der Waals surface area contributed by atoms with Gasteiger partial charge in [0.15, 0.2) is 17.3 Å². The number of nitrogen functional groups attached to an aromatic ring is 1. The Labute approximate surface area is 97.3 Å². The summed E-state index contributed by atoms with van der Waals surface area (Å²) in [7, 11) is 0. The van der Waals surface area contributed by atoms with Crippen molar-refractivity contribution in [2.24, 2.45) is 10.9 Å². The Morgan fingerprint density at radius 3 is 2.71 bits per heavy atom. The maximum Gasteiger partial charge on any atom is 0.194 e. The molecule has 0 bridgehead atoms. The summed E-state index contributed by atoms with van der Waals surface area (Å²) >= 11 is 0. The highest BCUT2D eigenvalue weighted by Gasteiger charge is 2.13. The smallest absolute Gasteiger partial charge is 0.194 e. The number of nitrogens with two attached hydrogens (primary N) is 2. The molecular formula is C10H12N6O. The van der Waals surface area contributed by atoms with Crippen molar-refractivity contribution in [1.82, 2.24) is 15.0 Å². The third-order valence-corrected chi connectivity index (χ3v) is 2.30. The second kappa shape index (κ2) is 4.52. The monoisotopic (exact) mass is 232 g/mol. The number of amidine groups is 1. The molecule has 1 aromatic heterocycles. The van der Waals surface area contributed by atoms with E-state index in [-0.39, 0.29) is 17.3 Å². The number of benzene rings is 1. The van der Waals surface area contributed by atoms with Gasteiger partial charge < -0.3 is 16.7 Å². The second-order valence-electron chi connectivity index (χ2n) is 3.45. The molecule has 0 aliphatic rings. The van der Waals surface area contributed by atoms with Crippen LogP contribution in [0.5, 0.6) is 0 Å². The van der Waals surface area contributed by atoms with Gasteiger partial charge in [-0.05, 0) is 5.56 Å². The Bertz CT molecular complexity index is 533. The molecule has 0 saturated heterocycles. The minimum atomic E-state index is -0.151. The number of oxime groups is 1. The summed E-state index contributed by atoms with van der Waals surface area (Å²) in [6, 6.07) is 9.67. The quantitative estimate of drug-likeness (QED) is 0.298. The largest absolute Gasteiger partial charge is 0.409 e. The summed E-state index contributed by atoms with van der Waals surface area (Å²) in [5.74, 6) is 0.117. The second-order valence-corrected chi connectivity index (χ2v) is 3.45. The van der Waals surface area contributed by atoms with Crippen molar-refractivity contribution in [1.29, 1.82) is 0 Å². The first kappa shape index (κ1) is 10.9. The van der Waals surface area contributed by atoms with Crippen molar-refractivity contribution in [3.8, 4) is 0 Å². The molecule has 0 aliphatic heterocycles. The zero-order chi connectivity index (χ0) is 12.3. The van der Waals surface area contributed by atoms with Gasteiger partial charge in [0.05, 0.1) is 6.54 Å². The third kappa shape index (κ3) is 2.17. The van der Waals surface area contributed by atoms with Gasteiger partial charge in [-0.15, -0.1) is 5.10 Å². The lowest BCUT2D eigenvalue weighted by Gasteiger charge is -2.03. The highest BCUT2D eigenvalue weighted by atomic mass is 16.4. The van der Waals surface area contributed by atoms with Crippen LogP contribution in [0.25, 0.3) is 0 Å². The van der Waals surface area contributed by atoms with Crippen LogP contribution >= 0.6 is 0 Å². The van der Waals surface area contributed by atoms with Gasteiger partial charge in [-0.3, -0.25) is 0 Å². The first-order valence-corrected chi connectivity index (χ1v) is 4.93. The first-order valence-electron chi connectivity index (χ1n) is 4.93. The molecule has 17 heavy (non-hydrogen) atoms. The fraction of sp³-hybridized carbons (Fsp3) is 0.100. The van der Waals surface area contributed by atoms with Crippen molar-refractivity contribution >= 4 is 11.7 Å². The number of rotatable bonds is 3. The first-order chi connectivity index (χ1) is 8.22. The van der Waals surface area contributed by atoms with Crippen LogP contribution in [0.4, 0.5) is 5.82 Å². The molecule has 0 saturated carbocycles. The zero-order valence-electron chi connectivity index (χ0n) is 8.98. The van der Waals surface area contributed by atoms with Crippen molar-refractivity contribution in [2.45, 2.75) is 6.54 Å². The SMILES string of the molecule is N/C(=N/O)c1nnn(Cc2ccccc2)c1N. The number of hydrogen-bond donors (Lipinski definition) is 3. The molecule has 1 aromatic carbocycles. The van der Waals surface area contributed by atoms with E-state index in [4.69, 9.17) is 16.7 Å². The Morgan fingerprint density at radius 2 is 2.06 bits per heavy atom. The predicted octanol–water partition coefficient (Wildman–Crippen LogP) is 0.00310. The topological polar surface area (TPSA) is 115 Å². The third-order valence-electron chi connectivity index (χ3n) is 2.30. The van der Waals surface area contributed by atoms with Gasteiger partial charge in [0.1, 0.15) is 0 Å². The van der Waals surface area contributed by atoms with Crippen molar-refractivity contribution in [3.05, 3.63) is 41.6 Å². The lowest BCUT2D eigenvalue weighted by atomic mass is 10.2. The van der Waals surface area contributed by atoms with E-state index in [0.29, 0.717) is 6.54 Å². The fourth-order valence-corrected chi connectivity index (χ4v) is 1.42. The van der Waals surface area contributed by atoms with Crippen LogP contribution in [-0.2, 0) is 6.54 Å². The van der Waals surface area contributed by atoms with Gasteiger partial charge in [0.2, 0.25) is 0 Å². The molecule has 0 unspecified atom stereocenters. The number of aromatic nitrogens is 3. The van der Waals surface area contributed by atoms with Gasteiger partial charge in [0.25, 0.3) is 0 Å². The summed E-state index contributed by atoms with van der Waals surface area (Å²) < 4.78 is 1.49. The van der Waals surface area contributed by atoms with Gasteiger partial charge in [-0.1, -0.05) is 40.7 Å². The van der Waals surface area contributed by atoms with Crippen LogP contribution in [0.1, 0.15) is 11.3 Å². The van der Waals surface area contributed by atoms with Gasteiger partial charge in [0, 0.05) is 0 Å². The Hall–Kier alpha value is -2.57. The summed E-state index contributed by atoms with van der Waals surface area (Å²) in [6.45, 7) is 0.485. The molecule has 5 N–H and O–H groups in total. The number of hydrogen-bond acceptors (Lipinski definition) is 5. The van der Waals surface area contributed by atoms with Gasteiger partial charge in [-0.2, -0.15) is 0 Å². The van der Waals surface area contributed by atoms with E-state index in [0.717, 1.165) is 5.56 Å². The van der Waals surface area contributed by atoms with Crippen LogP contribution in [-0.4, -0.2) is 26.0 Å². The Balaban J connectivity index is 2.27. The van der Waals surface area contributed by atoms with Crippen LogP contribution in [0.2, 0.25) is 0 Å². The molecule has 0 aliphatic carbocycles. The van der Waals surface area contributed by atoms with Crippen molar-refractivity contribution in [3.63, 3.8) is 0 Å². The molecule has 7 nitrogen and oxygen atoms in total. The molecule has 0 spiro atoms. The van der Waals surface area contributed by atoms with Crippen LogP contribution in [0, 0.1) is 0 Å². The van der Waals surface area contributed by atoms with Crippen LogP contribution < -0.4 is 11.5 Å². The van der Waals surface area contributed by atoms with Gasteiger partial charge >= 0.3 is 0 Å². The fourth-order valence-electron chi connectivity index (χ4n) is 1.42. The molecule has 0 fully saturated rings. The van der Waals surface area contributed by atoms with Crippen LogP contribution in [0.3, 0.4) is 0 Å². The summed E-state index contributed by atoms with van der Waals surface area (Å²) in [5.41, 5.74) is 12.4. The molecule has 7 heteroatoms. The normalized spacial score (nSPS) is 11.6. The molecule has 2 aromatic rings. The van der Waals surface area contributed by atoms with Crippen molar-refractivity contribution < 1.29 is 5.21 Å². The molecular weight excluding hydrogens is 220 g/mol. The predicted molar refractivity (Wildman–Crippen MR) is 62.5 cm³/mol. The standard InChI is InChI=1S/C10H12N6O/c11-9(14-17)8-10(12)16(15-13-8)6-7-4-2-1-3-5-7/h1-5,17H,6,12H2,(H2,11,14). The summed E-state index contributed by atoms with van der Waals surface area (Å²) in [5, 5.41) is 19.0. The van der Waals surface area contributed by atoms with E-state index in [1.807, 2.05) is 30.3 Å². The molecule has 0 radical (unpaired) electrons. The average molecular weight is 232 g/mol. The minimum Gasteiger partial charge on any atom is -0.409 e. The number of nitrogens with zero attached hydrogens (tertiary/aromatic N) is 4. The molecule has 2 rings (SSSR count). The van der Waals surface area contributed by atoms with E-state index in [1.54, 1.807) is 0 Å². The zero-order valence-corrected chi connectivity index (χ0v) is 8.98. The Kier molecular flexibility index (Phi) is 2.91. The molecule has 0 amide bonds. The highest BCUT2D eigenvalue weighted by molar-refractivity contribution is 5.98. The van der Waals surface area contributed by atoms with Gasteiger partial charge in [-0.25, -0.2) is 4.68 Å². The van der Waals surface area contributed by atoms with Crippen LogP contribution in [0.15, 0.2) is 35.5 Å². The van der Waals surface area contributed by atoms with Crippen molar-refractivity contribution in [2.75, 3.05) is 5.73 Å². The lowest BCUT2D eigenvalue weighted by Crippen LogP contribution is -2.16. The minimum absolute atomic E-state index is 0.151. The summed E-state index contributed by atoms with van der Waals surface area (Å²) in [6.07, 6.45) is 0.